The number of carbonyl (C=O) groups excluding carboxylic acids is 3. The SMILES string of the molecule is O=C(C(=O)N1CCN(C(=O)c2ccccc2)CC1)c1c[nH]c2c(-[n+]3ccn[nH]3)ncc(F)c12.[Cl-]. The number of carbonyl (C=O) groups is 3. The minimum atomic E-state index is -0.824. The summed E-state index contributed by atoms with van der Waals surface area (Å²) in [6.07, 6.45) is 5.39. The highest BCUT2D eigenvalue weighted by Crippen LogP contribution is 2.24. The topological polar surface area (TPSA) is 119 Å². The van der Waals surface area contributed by atoms with Gasteiger partial charge in [-0.25, -0.2) is 4.39 Å². The number of pyridine rings is 1. The molecule has 1 aromatic carbocycles. The van der Waals surface area contributed by atoms with Crippen molar-refractivity contribution in [3.05, 3.63) is 72.1 Å². The summed E-state index contributed by atoms with van der Waals surface area (Å²) in [7, 11) is 0. The Morgan fingerprint density at radius 2 is 1.74 bits per heavy atom. The number of hydrogen-bond acceptors (Lipinski definition) is 5. The van der Waals surface area contributed by atoms with E-state index in [4.69, 9.17) is 0 Å². The van der Waals surface area contributed by atoms with Gasteiger partial charge in [0.05, 0.1) is 10.9 Å². The minimum absolute atomic E-state index is 0. The number of amides is 2. The Balaban J connectivity index is 0.00000274. The Kier molecular flexibility index (Phi) is 6.37. The molecule has 12 heteroatoms. The molecule has 0 unspecified atom stereocenters. The van der Waals surface area contributed by atoms with Gasteiger partial charge in [0.25, 0.3) is 17.6 Å². The normalized spacial score (nSPS) is 13.6. The molecule has 1 saturated heterocycles. The Hall–Kier alpha value is -4.12. The molecule has 1 aliphatic heterocycles. The fraction of sp³-hybridized carbons (Fsp3) is 0.182. The van der Waals surface area contributed by atoms with Crippen molar-refractivity contribution in [1.29, 1.82) is 0 Å². The Labute approximate surface area is 198 Å². The third kappa shape index (κ3) is 4.01. The van der Waals surface area contributed by atoms with Crippen LogP contribution in [0.25, 0.3) is 16.7 Å². The van der Waals surface area contributed by atoms with Gasteiger partial charge >= 0.3 is 5.82 Å². The minimum Gasteiger partial charge on any atom is -1.00 e. The summed E-state index contributed by atoms with van der Waals surface area (Å²) in [5.41, 5.74) is 0.764. The van der Waals surface area contributed by atoms with Crippen LogP contribution in [0, 0.1) is 5.82 Å². The highest BCUT2D eigenvalue weighted by Gasteiger charge is 2.32. The number of H-pyrrole nitrogens is 2. The van der Waals surface area contributed by atoms with E-state index in [2.05, 4.69) is 20.3 Å². The number of fused-ring (bicyclic) bond motifs is 1. The number of nitrogens with one attached hydrogen (secondary N) is 2. The molecule has 4 aromatic rings. The van der Waals surface area contributed by atoms with E-state index in [0.717, 1.165) is 6.20 Å². The Bertz CT molecular complexity index is 1350. The van der Waals surface area contributed by atoms with Crippen molar-refractivity contribution >= 4 is 28.5 Å². The summed E-state index contributed by atoms with van der Waals surface area (Å²) in [5.74, 6) is -2.10. The number of piperazine rings is 1. The van der Waals surface area contributed by atoms with Crippen LogP contribution in [-0.2, 0) is 4.79 Å². The second-order valence-electron chi connectivity index (χ2n) is 7.56. The summed E-state index contributed by atoms with van der Waals surface area (Å²) in [6.45, 7) is 1.04. The smallest absolute Gasteiger partial charge is 0.308 e. The van der Waals surface area contributed by atoms with Crippen molar-refractivity contribution in [1.82, 2.24) is 30.1 Å². The van der Waals surface area contributed by atoms with Crippen molar-refractivity contribution in [2.45, 2.75) is 0 Å². The van der Waals surface area contributed by atoms with Crippen LogP contribution in [-0.4, -0.2) is 73.9 Å². The van der Waals surface area contributed by atoms with Gasteiger partial charge in [-0.15, -0.1) is 14.9 Å². The number of nitrogens with zero attached hydrogens (tertiary/aromatic N) is 5. The monoisotopic (exact) mass is 483 g/mol. The molecule has 2 N–H and O–H groups in total. The first-order valence-electron chi connectivity index (χ1n) is 10.3. The molecule has 0 radical (unpaired) electrons. The number of hydrogen-bond donors (Lipinski definition) is 2. The number of ketones is 1. The molecule has 34 heavy (non-hydrogen) atoms. The molecule has 0 saturated carbocycles. The first-order chi connectivity index (χ1) is 16.0. The second-order valence-corrected chi connectivity index (χ2v) is 7.56. The van der Waals surface area contributed by atoms with Crippen LogP contribution < -0.4 is 17.1 Å². The summed E-state index contributed by atoms with van der Waals surface area (Å²) < 4.78 is 16.1. The zero-order chi connectivity index (χ0) is 22.9. The molecular formula is C22H19ClFN7O3. The summed E-state index contributed by atoms with van der Waals surface area (Å²) in [4.78, 5) is 48.4. The highest BCUT2D eigenvalue weighted by atomic mass is 35.5. The van der Waals surface area contributed by atoms with Gasteiger partial charge in [-0.05, 0) is 17.2 Å². The second kappa shape index (κ2) is 9.40. The van der Waals surface area contributed by atoms with E-state index in [0.29, 0.717) is 24.5 Å². The van der Waals surface area contributed by atoms with E-state index in [1.54, 1.807) is 35.4 Å². The predicted molar refractivity (Wildman–Crippen MR) is 113 cm³/mol. The van der Waals surface area contributed by atoms with Crippen molar-refractivity contribution in [3.63, 3.8) is 0 Å². The Morgan fingerprint density at radius 1 is 1.03 bits per heavy atom. The lowest BCUT2D eigenvalue weighted by Gasteiger charge is -2.34. The van der Waals surface area contributed by atoms with E-state index < -0.39 is 17.5 Å². The zero-order valence-electron chi connectivity index (χ0n) is 17.7. The number of benzene rings is 1. The van der Waals surface area contributed by atoms with Gasteiger partial charge in [-0.1, -0.05) is 18.2 Å². The maximum Gasteiger partial charge on any atom is 0.308 e. The van der Waals surface area contributed by atoms with Crippen molar-refractivity contribution in [2.75, 3.05) is 26.2 Å². The number of aromatic amines is 2. The number of Topliss-reactive ketones (excluding diaryl/α,β-unsaturated/α-hetero) is 1. The van der Waals surface area contributed by atoms with Crippen LogP contribution in [0.4, 0.5) is 4.39 Å². The molecule has 5 rings (SSSR count). The summed E-state index contributed by atoms with van der Waals surface area (Å²) in [6, 6.07) is 8.88. The molecule has 0 spiro atoms. The van der Waals surface area contributed by atoms with Crippen LogP contribution in [0.1, 0.15) is 20.7 Å². The highest BCUT2D eigenvalue weighted by molar-refractivity contribution is 6.45. The van der Waals surface area contributed by atoms with Gasteiger partial charge in [-0.2, -0.15) is 0 Å². The average Bonchev–Trinajstić information content (AvgIpc) is 3.55. The molecule has 10 nitrogen and oxygen atoms in total. The lowest BCUT2D eigenvalue weighted by Crippen LogP contribution is -3.00. The number of rotatable bonds is 4. The third-order valence-electron chi connectivity index (χ3n) is 5.64. The van der Waals surface area contributed by atoms with E-state index in [1.165, 1.54) is 22.0 Å². The average molecular weight is 484 g/mol. The van der Waals surface area contributed by atoms with E-state index in [1.807, 2.05) is 6.07 Å². The van der Waals surface area contributed by atoms with Crippen molar-refractivity contribution in [3.8, 4) is 5.82 Å². The largest absolute Gasteiger partial charge is 1.00 e. The van der Waals surface area contributed by atoms with E-state index >= 15 is 0 Å². The molecule has 3 aromatic heterocycles. The predicted octanol–water partition coefficient (Wildman–Crippen LogP) is -2.13. The first-order valence-corrected chi connectivity index (χ1v) is 10.3. The summed E-state index contributed by atoms with van der Waals surface area (Å²) >= 11 is 0. The standard InChI is InChI=1S/C22H18FN7O3.ClH/c23-16-13-25-20(30-7-6-26-27-30)18-17(16)15(12-24-18)19(31)22(33)29-10-8-28(9-11-29)21(32)14-4-2-1-3-5-14;/h1-7,12-13H,8-11H2,(H,24,25,31);1H. The molecule has 4 heterocycles. The van der Waals surface area contributed by atoms with Gasteiger partial charge in [-0.3, -0.25) is 14.4 Å². The van der Waals surface area contributed by atoms with Gasteiger partial charge in [0.2, 0.25) is 0 Å². The van der Waals surface area contributed by atoms with Crippen LogP contribution in [0.15, 0.2) is 55.1 Å². The van der Waals surface area contributed by atoms with Crippen LogP contribution in [0.2, 0.25) is 0 Å². The van der Waals surface area contributed by atoms with Gasteiger partial charge in [0.1, 0.15) is 17.9 Å². The quantitative estimate of drug-likeness (QED) is 0.195. The molecule has 1 aliphatic rings. The van der Waals surface area contributed by atoms with E-state index in [9.17, 15) is 18.8 Å². The molecular weight excluding hydrogens is 465 g/mol. The van der Waals surface area contributed by atoms with Gasteiger partial charge in [0.15, 0.2) is 12.0 Å². The van der Waals surface area contributed by atoms with Gasteiger partial charge in [0, 0.05) is 37.9 Å². The number of aromatic nitrogens is 5. The Morgan fingerprint density at radius 3 is 2.41 bits per heavy atom. The third-order valence-corrected chi connectivity index (χ3v) is 5.64. The van der Waals surface area contributed by atoms with Crippen LogP contribution in [0.3, 0.4) is 0 Å². The van der Waals surface area contributed by atoms with Gasteiger partial charge < -0.3 is 27.2 Å². The fourth-order valence-electron chi connectivity index (χ4n) is 3.94. The van der Waals surface area contributed by atoms with Crippen LogP contribution >= 0.6 is 0 Å². The molecule has 2 amide bonds. The maximum atomic E-state index is 14.6. The maximum absolute atomic E-state index is 14.6. The molecule has 1 fully saturated rings. The molecule has 0 atom stereocenters. The number of halogens is 2. The lowest BCUT2D eigenvalue weighted by molar-refractivity contribution is -0.661. The molecule has 0 aliphatic carbocycles. The lowest BCUT2D eigenvalue weighted by atomic mass is 10.1. The van der Waals surface area contributed by atoms with Crippen LogP contribution in [0.5, 0.6) is 0 Å². The molecule has 174 valence electrons. The zero-order valence-corrected chi connectivity index (χ0v) is 18.5. The molecule has 0 bridgehead atoms. The first kappa shape index (κ1) is 23.1. The van der Waals surface area contributed by atoms with Crippen molar-refractivity contribution in [2.24, 2.45) is 0 Å². The van der Waals surface area contributed by atoms with E-state index in [-0.39, 0.29) is 47.9 Å². The fourth-order valence-corrected chi connectivity index (χ4v) is 3.94. The van der Waals surface area contributed by atoms with Crippen molar-refractivity contribution < 1.29 is 35.9 Å². The summed E-state index contributed by atoms with van der Waals surface area (Å²) in [5, 5.41) is 6.49.